The molecule has 0 fully saturated rings. The number of hydrogen-bond acceptors (Lipinski definition) is 6. The van der Waals surface area contributed by atoms with E-state index in [-0.39, 0.29) is 11.0 Å². The molecule has 0 spiro atoms. The number of anilines is 2. The number of carbonyl (C=O) groups is 2. The molecule has 0 bridgehead atoms. The number of nitrogens with one attached hydrogen (secondary N) is 2. The van der Waals surface area contributed by atoms with Gasteiger partial charge in [0.1, 0.15) is 5.00 Å². The predicted molar refractivity (Wildman–Crippen MR) is 131 cm³/mol. The number of amides is 1. The maximum absolute atomic E-state index is 12.5. The fourth-order valence-electron chi connectivity index (χ4n) is 3.02. The number of esters is 1. The topological polar surface area (TPSA) is 88.5 Å². The van der Waals surface area contributed by atoms with E-state index < -0.39 is 5.97 Å². The Morgan fingerprint density at radius 3 is 2.50 bits per heavy atom. The van der Waals surface area contributed by atoms with Crippen LogP contribution in [0.4, 0.5) is 10.7 Å². The first-order valence-corrected chi connectivity index (χ1v) is 11.0. The van der Waals surface area contributed by atoms with Gasteiger partial charge in [0.25, 0.3) is 5.91 Å². The van der Waals surface area contributed by atoms with Gasteiger partial charge in [-0.2, -0.15) is 5.10 Å². The Balaban J connectivity index is 1.74. The van der Waals surface area contributed by atoms with E-state index in [2.05, 4.69) is 40.0 Å². The van der Waals surface area contributed by atoms with Gasteiger partial charge in [-0.05, 0) is 37.2 Å². The molecule has 0 unspecified atom stereocenters. The molecule has 0 saturated carbocycles. The number of hydrogen-bond donors (Lipinski definition) is 2. The molecule has 168 valence electrons. The molecule has 0 aliphatic rings. The molecule has 2 N–H and O–H groups in total. The molecule has 1 aromatic carbocycles. The lowest BCUT2D eigenvalue weighted by atomic mass is 10.1. The smallest absolute Gasteiger partial charge is 0.341 e. The Kier molecular flexibility index (Phi) is 7.26. The van der Waals surface area contributed by atoms with Gasteiger partial charge >= 0.3 is 5.97 Å². The third kappa shape index (κ3) is 5.32. The van der Waals surface area contributed by atoms with Crippen molar-refractivity contribution in [3.05, 3.63) is 63.8 Å². The predicted octanol–water partition coefficient (Wildman–Crippen LogP) is 3.91. The second-order valence-electron chi connectivity index (χ2n) is 7.44. The largest absolute Gasteiger partial charge is 0.465 e. The van der Waals surface area contributed by atoms with Crippen LogP contribution in [0.15, 0.2) is 36.7 Å². The van der Waals surface area contributed by atoms with E-state index in [0.29, 0.717) is 33.2 Å². The van der Waals surface area contributed by atoms with Crippen molar-refractivity contribution in [2.24, 2.45) is 0 Å². The molecule has 2 heterocycles. The first-order chi connectivity index (χ1) is 15.2. The lowest BCUT2D eigenvalue weighted by Crippen LogP contribution is -2.21. The minimum Gasteiger partial charge on any atom is -0.465 e. The van der Waals surface area contributed by atoms with Crippen molar-refractivity contribution in [3.8, 4) is 0 Å². The van der Waals surface area contributed by atoms with Crippen LogP contribution in [-0.4, -0.2) is 52.9 Å². The molecule has 2 aromatic heterocycles. The van der Waals surface area contributed by atoms with Gasteiger partial charge < -0.3 is 20.3 Å². The van der Waals surface area contributed by atoms with Crippen LogP contribution < -0.4 is 10.6 Å². The number of aromatic nitrogens is 2. The number of carbonyl (C=O) groups excluding carboxylic acids is 2. The zero-order chi connectivity index (χ0) is 23.4. The molecule has 1 amide bonds. The molecular formula is C22H25N5O3S2. The minimum absolute atomic E-state index is 0.193. The van der Waals surface area contributed by atoms with Crippen LogP contribution in [0.25, 0.3) is 0 Å². The van der Waals surface area contributed by atoms with Crippen LogP contribution in [0.5, 0.6) is 0 Å². The van der Waals surface area contributed by atoms with E-state index in [1.165, 1.54) is 17.6 Å². The zero-order valence-corrected chi connectivity index (χ0v) is 20.2. The monoisotopic (exact) mass is 471 g/mol. The van der Waals surface area contributed by atoms with E-state index in [1.807, 2.05) is 13.1 Å². The summed E-state index contributed by atoms with van der Waals surface area (Å²) in [6, 6.07) is 8.26. The van der Waals surface area contributed by atoms with Gasteiger partial charge in [0.15, 0.2) is 5.11 Å². The number of ether oxygens (including phenoxy) is 1. The Morgan fingerprint density at radius 2 is 1.88 bits per heavy atom. The van der Waals surface area contributed by atoms with Crippen LogP contribution >= 0.6 is 23.6 Å². The first-order valence-electron chi connectivity index (χ1n) is 9.79. The molecule has 3 aromatic rings. The molecule has 10 heteroatoms. The fourth-order valence-corrected chi connectivity index (χ4v) is 4.52. The first kappa shape index (κ1) is 23.4. The Bertz CT molecular complexity index is 1150. The lowest BCUT2D eigenvalue weighted by Gasteiger charge is -2.09. The van der Waals surface area contributed by atoms with E-state index in [4.69, 9.17) is 17.0 Å². The van der Waals surface area contributed by atoms with Crippen molar-refractivity contribution in [1.82, 2.24) is 14.7 Å². The highest BCUT2D eigenvalue weighted by Gasteiger charge is 2.26. The summed E-state index contributed by atoms with van der Waals surface area (Å²) in [5.41, 5.74) is 3.89. The number of thiophene rings is 1. The van der Waals surface area contributed by atoms with Crippen molar-refractivity contribution in [1.29, 1.82) is 0 Å². The second kappa shape index (κ2) is 9.92. The van der Waals surface area contributed by atoms with Gasteiger partial charge in [-0.15, -0.1) is 11.3 Å². The lowest BCUT2D eigenvalue weighted by molar-refractivity contribution is 0.0601. The highest BCUT2D eigenvalue weighted by molar-refractivity contribution is 7.80. The van der Waals surface area contributed by atoms with Crippen molar-refractivity contribution in [3.63, 3.8) is 0 Å². The van der Waals surface area contributed by atoms with E-state index in [0.717, 1.165) is 16.9 Å². The fraction of sp³-hybridized carbons (Fsp3) is 0.273. The standard InChI is InChI=1S/C22H25N5O3S2/c1-13-6-8-15(9-7-13)11-27-12-16(10-23-27)24-22(31)25-19-17(21(29)30-5)14(2)18(32-19)20(28)26(3)4/h6-10,12H,11H2,1-5H3,(H2,24,25,31). The van der Waals surface area contributed by atoms with E-state index in [1.54, 1.807) is 31.9 Å². The molecule has 8 nitrogen and oxygen atoms in total. The van der Waals surface area contributed by atoms with Crippen molar-refractivity contribution in [2.75, 3.05) is 31.8 Å². The van der Waals surface area contributed by atoms with E-state index >= 15 is 0 Å². The van der Waals surface area contributed by atoms with Gasteiger partial charge in [0.2, 0.25) is 0 Å². The number of aryl methyl sites for hydroxylation is 1. The van der Waals surface area contributed by atoms with Crippen LogP contribution in [0.1, 0.15) is 36.7 Å². The SMILES string of the molecule is COC(=O)c1c(NC(=S)Nc2cnn(Cc3ccc(C)cc3)c2)sc(C(=O)N(C)C)c1C. The zero-order valence-electron chi connectivity index (χ0n) is 18.6. The normalized spacial score (nSPS) is 10.5. The molecule has 0 aliphatic heterocycles. The second-order valence-corrected chi connectivity index (χ2v) is 8.87. The Hall–Kier alpha value is -3.24. The summed E-state index contributed by atoms with van der Waals surface area (Å²) in [5.74, 6) is -0.727. The molecule has 32 heavy (non-hydrogen) atoms. The quantitative estimate of drug-likeness (QED) is 0.416. The van der Waals surface area contributed by atoms with Gasteiger partial charge in [-0.1, -0.05) is 29.8 Å². The average molecular weight is 472 g/mol. The van der Waals surface area contributed by atoms with Crippen LogP contribution in [0, 0.1) is 13.8 Å². The number of methoxy groups -OCH3 is 1. The summed E-state index contributed by atoms with van der Waals surface area (Å²) in [7, 11) is 4.62. The molecule has 0 aliphatic carbocycles. The Labute approximate surface area is 196 Å². The van der Waals surface area contributed by atoms with Crippen molar-refractivity contribution >= 4 is 51.2 Å². The third-order valence-corrected chi connectivity index (χ3v) is 6.12. The summed E-state index contributed by atoms with van der Waals surface area (Å²) < 4.78 is 6.71. The van der Waals surface area contributed by atoms with Gasteiger partial charge in [0, 0.05) is 20.3 Å². The van der Waals surface area contributed by atoms with Gasteiger partial charge in [0.05, 0.1) is 36.0 Å². The van der Waals surface area contributed by atoms with Gasteiger partial charge in [-0.3, -0.25) is 9.48 Å². The summed E-state index contributed by atoms with van der Waals surface area (Å²) >= 11 is 6.59. The summed E-state index contributed by atoms with van der Waals surface area (Å²) in [5, 5.41) is 11.2. The minimum atomic E-state index is -0.534. The number of thiocarbonyl (C=S) groups is 1. The van der Waals surface area contributed by atoms with E-state index in [9.17, 15) is 9.59 Å². The summed E-state index contributed by atoms with van der Waals surface area (Å²) in [6.07, 6.45) is 3.51. The van der Waals surface area contributed by atoms with Gasteiger partial charge in [-0.25, -0.2) is 4.79 Å². The molecule has 0 saturated heterocycles. The number of benzene rings is 1. The molecule has 3 rings (SSSR count). The molecule has 0 radical (unpaired) electrons. The third-order valence-electron chi connectivity index (χ3n) is 4.72. The highest BCUT2D eigenvalue weighted by atomic mass is 32.1. The highest BCUT2D eigenvalue weighted by Crippen LogP contribution is 2.34. The number of nitrogens with zero attached hydrogens (tertiary/aromatic N) is 3. The Morgan fingerprint density at radius 1 is 1.19 bits per heavy atom. The average Bonchev–Trinajstić information content (AvgIpc) is 3.32. The maximum Gasteiger partial charge on any atom is 0.341 e. The van der Waals surface area contributed by atoms with Crippen LogP contribution in [0.3, 0.4) is 0 Å². The maximum atomic E-state index is 12.5. The molecular weight excluding hydrogens is 446 g/mol. The van der Waals surface area contributed by atoms with Crippen molar-refractivity contribution < 1.29 is 14.3 Å². The van der Waals surface area contributed by atoms with Crippen molar-refractivity contribution in [2.45, 2.75) is 20.4 Å². The number of rotatable bonds is 6. The van der Waals surface area contributed by atoms with Crippen LogP contribution in [0.2, 0.25) is 0 Å². The summed E-state index contributed by atoms with van der Waals surface area (Å²) in [6.45, 7) is 4.40. The molecule has 0 atom stereocenters. The van der Waals surface area contributed by atoms with Crippen LogP contribution in [-0.2, 0) is 11.3 Å². The summed E-state index contributed by atoms with van der Waals surface area (Å²) in [4.78, 5) is 26.7.